The summed E-state index contributed by atoms with van der Waals surface area (Å²) in [4.78, 5) is 10.8. The Bertz CT molecular complexity index is 333. The first-order valence-corrected chi connectivity index (χ1v) is 4.13. The smallest absolute Gasteiger partial charge is 0.150 e. The maximum Gasteiger partial charge on any atom is 0.150 e. The molecule has 0 spiro atoms. The van der Waals surface area contributed by atoms with Gasteiger partial charge in [-0.3, -0.25) is 4.79 Å². The lowest BCUT2D eigenvalue weighted by Crippen LogP contribution is -1.88. The molecule has 0 aliphatic heterocycles. The SMILES string of the molecule is C=CC(C)=C(C=O)c1ccccc1. The lowest BCUT2D eigenvalue weighted by Gasteiger charge is -2.01. The van der Waals surface area contributed by atoms with Crippen molar-refractivity contribution in [1.82, 2.24) is 0 Å². The molecule has 0 N–H and O–H groups in total. The molecule has 0 heterocycles. The van der Waals surface area contributed by atoms with Gasteiger partial charge in [0, 0.05) is 5.57 Å². The van der Waals surface area contributed by atoms with Crippen molar-refractivity contribution in [2.75, 3.05) is 0 Å². The topological polar surface area (TPSA) is 17.1 Å². The Morgan fingerprint density at radius 2 is 1.92 bits per heavy atom. The molecule has 0 radical (unpaired) electrons. The molecule has 1 aromatic carbocycles. The zero-order chi connectivity index (χ0) is 9.68. The van der Waals surface area contributed by atoms with Crippen LogP contribution in [-0.2, 0) is 4.79 Å². The van der Waals surface area contributed by atoms with Gasteiger partial charge in [0.05, 0.1) is 0 Å². The van der Waals surface area contributed by atoms with Gasteiger partial charge in [-0.05, 0) is 18.1 Å². The third kappa shape index (κ3) is 2.15. The van der Waals surface area contributed by atoms with Gasteiger partial charge in [-0.15, -0.1) is 0 Å². The van der Waals surface area contributed by atoms with Crippen LogP contribution >= 0.6 is 0 Å². The minimum Gasteiger partial charge on any atom is -0.298 e. The predicted molar refractivity (Wildman–Crippen MR) is 55.3 cm³/mol. The Kier molecular flexibility index (Phi) is 3.21. The Morgan fingerprint density at radius 3 is 2.38 bits per heavy atom. The Balaban J connectivity index is 3.20. The Labute approximate surface area is 78.4 Å². The second-order valence-electron chi connectivity index (χ2n) is 2.78. The molecule has 1 nitrogen and oxygen atoms in total. The normalized spacial score (nSPS) is 11.8. The first kappa shape index (κ1) is 9.46. The van der Waals surface area contributed by atoms with E-state index in [-0.39, 0.29) is 0 Å². The molecule has 0 aliphatic carbocycles. The molecule has 0 atom stereocenters. The summed E-state index contributed by atoms with van der Waals surface area (Å²) in [5.41, 5.74) is 2.55. The van der Waals surface area contributed by atoms with E-state index in [0.29, 0.717) is 5.57 Å². The number of allylic oxidation sites excluding steroid dienone is 3. The Morgan fingerprint density at radius 1 is 1.31 bits per heavy atom. The van der Waals surface area contributed by atoms with E-state index in [1.54, 1.807) is 6.08 Å². The highest BCUT2D eigenvalue weighted by atomic mass is 16.1. The minimum atomic E-state index is 0.704. The largest absolute Gasteiger partial charge is 0.298 e. The molecule has 1 heteroatoms. The molecular formula is C12H12O. The van der Waals surface area contributed by atoms with Crippen molar-refractivity contribution in [2.45, 2.75) is 6.92 Å². The number of benzene rings is 1. The van der Waals surface area contributed by atoms with E-state index >= 15 is 0 Å². The average molecular weight is 172 g/mol. The number of hydrogen-bond donors (Lipinski definition) is 0. The zero-order valence-corrected chi connectivity index (χ0v) is 7.66. The van der Waals surface area contributed by atoms with Crippen LogP contribution in [0.1, 0.15) is 12.5 Å². The van der Waals surface area contributed by atoms with Crippen LogP contribution in [0.25, 0.3) is 5.57 Å². The number of rotatable bonds is 3. The molecule has 0 aromatic heterocycles. The summed E-state index contributed by atoms with van der Waals surface area (Å²) in [5, 5.41) is 0. The van der Waals surface area contributed by atoms with E-state index < -0.39 is 0 Å². The highest BCUT2D eigenvalue weighted by molar-refractivity contribution is 6.08. The fourth-order valence-corrected chi connectivity index (χ4v) is 1.12. The molecule has 0 bridgehead atoms. The molecule has 0 aliphatic rings. The van der Waals surface area contributed by atoms with Gasteiger partial charge < -0.3 is 0 Å². The molecule has 0 amide bonds. The summed E-state index contributed by atoms with van der Waals surface area (Å²) in [7, 11) is 0. The van der Waals surface area contributed by atoms with Gasteiger partial charge in [-0.25, -0.2) is 0 Å². The second kappa shape index (κ2) is 4.41. The molecule has 1 aromatic rings. The summed E-state index contributed by atoms with van der Waals surface area (Å²) in [6.45, 7) is 5.52. The average Bonchev–Trinajstić information content (AvgIpc) is 2.20. The monoisotopic (exact) mass is 172 g/mol. The standard InChI is InChI=1S/C12H12O/c1-3-10(2)12(9-13)11-7-5-4-6-8-11/h3-9H,1H2,2H3. The van der Waals surface area contributed by atoms with Crippen molar-refractivity contribution >= 4 is 11.9 Å². The van der Waals surface area contributed by atoms with E-state index in [4.69, 9.17) is 0 Å². The van der Waals surface area contributed by atoms with Crippen LogP contribution in [0.4, 0.5) is 0 Å². The van der Waals surface area contributed by atoms with E-state index in [1.807, 2.05) is 37.3 Å². The fourth-order valence-electron chi connectivity index (χ4n) is 1.12. The molecule has 0 saturated carbocycles. The summed E-state index contributed by atoms with van der Waals surface area (Å²) >= 11 is 0. The molecular weight excluding hydrogens is 160 g/mol. The lowest BCUT2D eigenvalue weighted by molar-refractivity contribution is -0.103. The van der Waals surface area contributed by atoms with Crippen LogP contribution in [0, 0.1) is 0 Å². The number of carbonyl (C=O) groups is 1. The number of carbonyl (C=O) groups excluding carboxylic acids is 1. The van der Waals surface area contributed by atoms with Crippen molar-refractivity contribution in [1.29, 1.82) is 0 Å². The van der Waals surface area contributed by atoms with Gasteiger partial charge in [0.15, 0.2) is 6.29 Å². The van der Waals surface area contributed by atoms with Gasteiger partial charge in [-0.2, -0.15) is 0 Å². The maximum atomic E-state index is 10.8. The van der Waals surface area contributed by atoms with E-state index in [9.17, 15) is 4.79 Å². The summed E-state index contributed by atoms with van der Waals surface area (Å²) in [6.07, 6.45) is 2.56. The molecule has 0 saturated heterocycles. The zero-order valence-electron chi connectivity index (χ0n) is 7.66. The third-order valence-corrected chi connectivity index (χ3v) is 1.93. The minimum absolute atomic E-state index is 0.704. The summed E-state index contributed by atoms with van der Waals surface area (Å²) < 4.78 is 0. The first-order chi connectivity index (χ1) is 6.29. The van der Waals surface area contributed by atoms with Crippen LogP contribution in [-0.4, -0.2) is 6.29 Å². The third-order valence-electron chi connectivity index (χ3n) is 1.93. The van der Waals surface area contributed by atoms with Crippen molar-refractivity contribution < 1.29 is 4.79 Å². The molecule has 0 fully saturated rings. The fraction of sp³-hybridized carbons (Fsp3) is 0.0833. The maximum absolute atomic E-state index is 10.8. The second-order valence-corrected chi connectivity index (χ2v) is 2.78. The molecule has 1 rings (SSSR count). The highest BCUT2D eigenvalue weighted by Gasteiger charge is 2.00. The van der Waals surface area contributed by atoms with Crippen LogP contribution in [0.15, 0.2) is 48.6 Å². The van der Waals surface area contributed by atoms with Gasteiger partial charge in [0.25, 0.3) is 0 Å². The van der Waals surface area contributed by atoms with Crippen molar-refractivity contribution in [3.63, 3.8) is 0 Å². The van der Waals surface area contributed by atoms with E-state index in [1.165, 1.54) is 0 Å². The van der Waals surface area contributed by atoms with Gasteiger partial charge in [0.1, 0.15) is 0 Å². The first-order valence-electron chi connectivity index (χ1n) is 4.13. The van der Waals surface area contributed by atoms with Gasteiger partial charge in [-0.1, -0.05) is 43.0 Å². The molecule has 0 unspecified atom stereocenters. The van der Waals surface area contributed by atoms with Crippen molar-refractivity contribution in [3.05, 3.63) is 54.1 Å². The van der Waals surface area contributed by atoms with Gasteiger partial charge >= 0.3 is 0 Å². The van der Waals surface area contributed by atoms with Crippen molar-refractivity contribution in [3.8, 4) is 0 Å². The number of aldehydes is 1. The summed E-state index contributed by atoms with van der Waals surface area (Å²) in [5.74, 6) is 0. The summed E-state index contributed by atoms with van der Waals surface area (Å²) in [6, 6.07) is 9.58. The van der Waals surface area contributed by atoms with E-state index in [0.717, 1.165) is 17.4 Å². The van der Waals surface area contributed by atoms with Crippen LogP contribution in [0.3, 0.4) is 0 Å². The molecule has 13 heavy (non-hydrogen) atoms. The lowest BCUT2D eigenvalue weighted by atomic mass is 10.0. The number of hydrogen-bond acceptors (Lipinski definition) is 1. The van der Waals surface area contributed by atoms with Crippen molar-refractivity contribution in [2.24, 2.45) is 0 Å². The Hall–Kier alpha value is -1.63. The van der Waals surface area contributed by atoms with Crippen LogP contribution in [0.5, 0.6) is 0 Å². The molecule has 66 valence electrons. The highest BCUT2D eigenvalue weighted by Crippen LogP contribution is 2.16. The van der Waals surface area contributed by atoms with Gasteiger partial charge in [0.2, 0.25) is 0 Å². The van der Waals surface area contributed by atoms with Crippen LogP contribution in [0.2, 0.25) is 0 Å². The van der Waals surface area contributed by atoms with E-state index in [2.05, 4.69) is 6.58 Å². The quantitative estimate of drug-likeness (QED) is 0.389. The predicted octanol–water partition coefficient (Wildman–Crippen LogP) is 2.85. The van der Waals surface area contributed by atoms with Crippen LogP contribution < -0.4 is 0 Å².